The Hall–Kier alpha value is -1.64. The molecule has 3 heteroatoms. The molecule has 0 bridgehead atoms. The lowest BCUT2D eigenvalue weighted by Crippen LogP contribution is -2.10. The fraction of sp³-hybridized carbons (Fsp3) is 0.333. The smallest absolute Gasteiger partial charge is 0.200 e. The van der Waals surface area contributed by atoms with Gasteiger partial charge in [0.15, 0.2) is 11.7 Å². The van der Waals surface area contributed by atoms with Crippen LogP contribution in [0.1, 0.15) is 26.7 Å². The van der Waals surface area contributed by atoms with Crippen molar-refractivity contribution in [2.24, 2.45) is 0 Å². The third-order valence-electron chi connectivity index (χ3n) is 2.06. The van der Waals surface area contributed by atoms with E-state index in [2.05, 4.69) is 30.7 Å². The quantitative estimate of drug-likeness (QED) is 0.713. The Morgan fingerprint density at radius 2 is 1.93 bits per heavy atom. The van der Waals surface area contributed by atoms with Crippen LogP contribution in [0.4, 0.5) is 0 Å². The van der Waals surface area contributed by atoms with Crippen molar-refractivity contribution in [1.82, 2.24) is 9.97 Å². The van der Waals surface area contributed by atoms with Crippen LogP contribution in [0.2, 0.25) is 0 Å². The third-order valence-corrected chi connectivity index (χ3v) is 2.06. The second-order valence-electron chi connectivity index (χ2n) is 4.49. The summed E-state index contributed by atoms with van der Waals surface area (Å²) in [4.78, 5) is 8.47. The molecular formula is C12H14N2O. The van der Waals surface area contributed by atoms with Crippen LogP contribution >= 0.6 is 0 Å². The summed E-state index contributed by atoms with van der Waals surface area (Å²) in [5, 5.41) is 0. The Bertz CT molecular complexity index is 440. The monoisotopic (exact) mass is 202 g/mol. The number of rotatable bonds is 1. The van der Waals surface area contributed by atoms with Crippen LogP contribution in [0.5, 0.6) is 0 Å². The molecule has 0 aliphatic rings. The van der Waals surface area contributed by atoms with Crippen LogP contribution in [0.25, 0.3) is 11.5 Å². The molecule has 0 N–H and O–H groups in total. The third kappa shape index (κ3) is 2.06. The molecule has 2 aromatic rings. The van der Waals surface area contributed by atoms with Crippen LogP contribution in [0.3, 0.4) is 0 Å². The van der Waals surface area contributed by atoms with Gasteiger partial charge in [-0.2, -0.15) is 0 Å². The molecule has 0 aromatic carbocycles. The summed E-state index contributed by atoms with van der Waals surface area (Å²) in [5.74, 6) is 1.46. The van der Waals surface area contributed by atoms with E-state index >= 15 is 0 Å². The van der Waals surface area contributed by atoms with Crippen LogP contribution in [0.15, 0.2) is 35.0 Å². The molecule has 0 aliphatic carbocycles. The van der Waals surface area contributed by atoms with Gasteiger partial charge < -0.3 is 4.42 Å². The topological polar surface area (TPSA) is 38.9 Å². The van der Waals surface area contributed by atoms with Gasteiger partial charge in [0.1, 0.15) is 5.69 Å². The van der Waals surface area contributed by atoms with E-state index in [1.165, 1.54) is 0 Å². The van der Waals surface area contributed by atoms with Gasteiger partial charge in [0.05, 0.1) is 6.20 Å². The molecule has 0 radical (unpaired) electrons. The van der Waals surface area contributed by atoms with Gasteiger partial charge >= 0.3 is 0 Å². The van der Waals surface area contributed by atoms with Crippen LogP contribution in [-0.2, 0) is 5.41 Å². The fourth-order valence-corrected chi connectivity index (χ4v) is 1.25. The second kappa shape index (κ2) is 3.50. The zero-order valence-electron chi connectivity index (χ0n) is 9.19. The number of oxazole rings is 1. The summed E-state index contributed by atoms with van der Waals surface area (Å²) in [7, 11) is 0. The Balaban J connectivity index is 2.37. The Kier molecular flexibility index (Phi) is 2.31. The predicted molar refractivity (Wildman–Crippen MR) is 58.4 cm³/mol. The minimum absolute atomic E-state index is 0.0625. The first kappa shape index (κ1) is 9.90. The number of hydrogen-bond acceptors (Lipinski definition) is 3. The predicted octanol–water partition coefficient (Wildman–Crippen LogP) is 3.03. The molecule has 0 amide bonds. The van der Waals surface area contributed by atoms with E-state index in [0.717, 1.165) is 17.3 Å². The van der Waals surface area contributed by atoms with Crippen LogP contribution in [0, 0.1) is 0 Å². The number of hydrogen-bond donors (Lipinski definition) is 0. The molecule has 3 nitrogen and oxygen atoms in total. The van der Waals surface area contributed by atoms with Gasteiger partial charge in [0.2, 0.25) is 0 Å². The summed E-state index contributed by atoms with van der Waals surface area (Å²) in [5.41, 5.74) is 0.757. The minimum Gasteiger partial charge on any atom is -0.439 e. The maximum absolute atomic E-state index is 5.66. The largest absolute Gasteiger partial charge is 0.439 e. The van der Waals surface area contributed by atoms with Gasteiger partial charge in [-0.1, -0.05) is 26.8 Å². The Labute approximate surface area is 89.2 Å². The van der Waals surface area contributed by atoms with Crippen LogP contribution < -0.4 is 0 Å². The minimum atomic E-state index is -0.0625. The molecule has 15 heavy (non-hydrogen) atoms. The van der Waals surface area contributed by atoms with Crippen molar-refractivity contribution in [1.29, 1.82) is 0 Å². The summed E-state index contributed by atoms with van der Waals surface area (Å²) in [6, 6.07) is 5.72. The molecule has 78 valence electrons. The highest BCUT2D eigenvalue weighted by molar-refractivity contribution is 5.49. The summed E-state index contributed by atoms with van der Waals surface area (Å²) >= 11 is 0. The molecule has 0 atom stereocenters. The fourth-order valence-electron chi connectivity index (χ4n) is 1.25. The number of aromatic nitrogens is 2. The van der Waals surface area contributed by atoms with Gasteiger partial charge in [-0.15, -0.1) is 0 Å². The molecular weight excluding hydrogens is 188 g/mol. The SMILES string of the molecule is CC(C)(C)c1ncc(-c2ccccn2)o1. The van der Waals surface area contributed by atoms with Gasteiger partial charge in [-0.3, -0.25) is 4.98 Å². The average Bonchev–Trinajstić information content (AvgIpc) is 2.67. The van der Waals surface area contributed by atoms with Crippen molar-refractivity contribution >= 4 is 0 Å². The molecule has 0 spiro atoms. The van der Waals surface area contributed by atoms with Crippen molar-refractivity contribution in [3.8, 4) is 11.5 Å². The highest BCUT2D eigenvalue weighted by Gasteiger charge is 2.20. The van der Waals surface area contributed by atoms with E-state index in [-0.39, 0.29) is 5.41 Å². The summed E-state index contributed by atoms with van der Waals surface area (Å²) in [6.45, 7) is 6.21. The van der Waals surface area contributed by atoms with Gasteiger partial charge in [0.25, 0.3) is 0 Å². The summed E-state index contributed by atoms with van der Waals surface area (Å²) in [6.07, 6.45) is 3.47. The lowest BCUT2D eigenvalue weighted by atomic mass is 9.97. The van der Waals surface area contributed by atoms with Crippen molar-refractivity contribution in [3.63, 3.8) is 0 Å². The van der Waals surface area contributed by atoms with Gasteiger partial charge in [0, 0.05) is 11.6 Å². The van der Waals surface area contributed by atoms with Crippen molar-refractivity contribution < 1.29 is 4.42 Å². The molecule has 2 rings (SSSR count). The average molecular weight is 202 g/mol. The highest BCUT2D eigenvalue weighted by Crippen LogP contribution is 2.25. The van der Waals surface area contributed by atoms with E-state index < -0.39 is 0 Å². The molecule has 0 saturated heterocycles. The van der Waals surface area contributed by atoms with E-state index in [1.54, 1.807) is 12.4 Å². The van der Waals surface area contributed by atoms with E-state index in [0.29, 0.717) is 0 Å². The van der Waals surface area contributed by atoms with E-state index in [9.17, 15) is 0 Å². The second-order valence-corrected chi connectivity index (χ2v) is 4.49. The zero-order chi connectivity index (χ0) is 10.9. The van der Waals surface area contributed by atoms with E-state index in [4.69, 9.17) is 4.42 Å². The maximum Gasteiger partial charge on any atom is 0.200 e. The lowest BCUT2D eigenvalue weighted by Gasteiger charge is -2.11. The molecule has 0 saturated carbocycles. The Morgan fingerprint density at radius 1 is 1.13 bits per heavy atom. The van der Waals surface area contributed by atoms with Crippen molar-refractivity contribution in [2.75, 3.05) is 0 Å². The van der Waals surface area contributed by atoms with Gasteiger partial charge in [-0.05, 0) is 12.1 Å². The van der Waals surface area contributed by atoms with Crippen molar-refractivity contribution in [2.45, 2.75) is 26.2 Å². The lowest BCUT2D eigenvalue weighted by molar-refractivity contribution is 0.398. The first-order valence-electron chi connectivity index (χ1n) is 4.95. The van der Waals surface area contributed by atoms with E-state index in [1.807, 2.05) is 18.2 Å². The van der Waals surface area contributed by atoms with Crippen LogP contribution in [-0.4, -0.2) is 9.97 Å². The molecule has 0 fully saturated rings. The standard InChI is InChI=1S/C12H14N2O/c1-12(2,3)11-14-8-10(15-11)9-6-4-5-7-13-9/h4-8H,1-3H3. The maximum atomic E-state index is 5.66. The molecule has 2 aromatic heterocycles. The first-order chi connectivity index (χ1) is 7.07. The highest BCUT2D eigenvalue weighted by atomic mass is 16.4. The number of nitrogens with zero attached hydrogens (tertiary/aromatic N) is 2. The van der Waals surface area contributed by atoms with Crippen molar-refractivity contribution in [3.05, 3.63) is 36.5 Å². The normalized spacial score (nSPS) is 11.7. The number of pyridine rings is 1. The molecule has 0 aliphatic heterocycles. The first-order valence-corrected chi connectivity index (χ1v) is 4.95. The molecule has 0 unspecified atom stereocenters. The Morgan fingerprint density at radius 3 is 2.47 bits per heavy atom. The molecule has 2 heterocycles. The summed E-state index contributed by atoms with van der Waals surface area (Å²) < 4.78 is 5.66. The van der Waals surface area contributed by atoms with Gasteiger partial charge in [-0.25, -0.2) is 4.98 Å². The zero-order valence-corrected chi connectivity index (χ0v) is 9.19.